The number of aryl methyl sites for hydroxylation is 1. The van der Waals surface area contributed by atoms with E-state index in [-0.39, 0.29) is 10.6 Å². The Hall–Kier alpha value is -1.58. The van der Waals surface area contributed by atoms with Crippen LogP contribution in [0.3, 0.4) is 0 Å². The molecule has 0 aromatic heterocycles. The minimum atomic E-state index is -0.276. The van der Waals surface area contributed by atoms with E-state index in [0.717, 1.165) is 37.2 Å². The minimum absolute atomic E-state index is 0.231. The molecule has 2 rings (SSSR count). The molecule has 1 fully saturated rings. The lowest BCUT2D eigenvalue weighted by Gasteiger charge is -2.38. The highest BCUT2D eigenvalue weighted by Gasteiger charge is 2.29. The van der Waals surface area contributed by atoms with E-state index in [0.29, 0.717) is 5.41 Å². The van der Waals surface area contributed by atoms with E-state index in [4.69, 9.17) is 0 Å². The largest absolute Gasteiger partial charge is 0.366 e. The first-order chi connectivity index (χ1) is 8.41. The maximum Gasteiger partial charge on any atom is 0.292 e. The molecule has 1 aliphatic heterocycles. The number of benzene rings is 1. The lowest BCUT2D eigenvalue weighted by atomic mass is 9.82. The van der Waals surface area contributed by atoms with Crippen molar-refractivity contribution >= 4 is 11.4 Å². The molecule has 0 bridgehead atoms. The van der Waals surface area contributed by atoms with E-state index in [1.54, 1.807) is 12.1 Å². The predicted molar refractivity (Wildman–Crippen MR) is 73.1 cm³/mol. The Morgan fingerprint density at radius 1 is 1.28 bits per heavy atom. The number of nitrogens with zero attached hydrogens (tertiary/aromatic N) is 2. The van der Waals surface area contributed by atoms with Crippen LogP contribution in [0.4, 0.5) is 11.4 Å². The van der Waals surface area contributed by atoms with Crippen LogP contribution in [0, 0.1) is 22.5 Å². The summed E-state index contributed by atoms with van der Waals surface area (Å²) in [5.41, 5.74) is 2.38. The van der Waals surface area contributed by atoms with Crippen molar-refractivity contribution in [3.63, 3.8) is 0 Å². The van der Waals surface area contributed by atoms with Gasteiger partial charge >= 0.3 is 0 Å². The Labute approximate surface area is 108 Å². The maximum atomic E-state index is 11.1. The van der Waals surface area contributed by atoms with Crippen molar-refractivity contribution in [1.82, 2.24) is 0 Å². The second-order valence-electron chi connectivity index (χ2n) is 5.85. The summed E-state index contributed by atoms with van der Waals surface area (Å²) in [6.07, 6.45) is 2.16. The van der Waals surface area contributed by atoms with Gasteiger partial charge in [0, 0.05) is 19.2 Å². The Morgan fingerprint density at radius 3 is 2.44 bits per heavy atom. The lowest BCUT2D eigenvalue weighted by Crippen LogP contribution is -2.37. The van der Waals surface area contributed by atoms with Gasteiger partial charge in [-0.1, -0.05) is 26.0 Å². The number of anilines is 1. The van der Waals surface area contributed by atoms with Crippen molar-refractivity contribution in [3.05, 3.63) is 33.9 Å². The van der Waals surface area contributed by atoms with Crippen LogP contribution in [0.25, 0.3) is 0 Å². The van der Waals surface area contributed by atoms with E-state index < -0.39 is 0 Å². The highest BCUT2D eigenvalue weighted by molar-refractivity contribution is 5.67. The molecule has 1 aromatic carbocycles. The van der Waals surface area contributed by atoms with Gasteiger partial charge in [-0.15, -0.1) is 0 Å². The zero-order chi connectivity index (χ0) is 13.3. The Bertz CT molecular complexity index is 459. The van der Waals surface area contributed by atoms with Crippen molar-refractivity contribution in [1.29, 1.82) is 0 Å². The van der Waals surface area contributed by atoms with Crippen LogP contribution in [-0.2, 0) is 0 Å². The van der Waals surface area contributed by atoms with E-state index in [1.807, 2.05) is 13.0 Å². The van der Waals surface area contributed by atoms with Crippen molar-refractivity contribution < 1.29 is 4.92 Å². The molecule has 0 atom stereocenters. The van der Waals surface area contributed by atoms with Crippen LogP contribution in [0.5, 0.6) is 0 Å². The number of hydrogen-bond donors (Lipinski definition) is 0. The molecular weight excluding hydrogens is 228 g/mol. The zero-order valence-corrected chi connectivity index (χ0v) is 11.3. The molecule has 0 N–H and O–H groups in total. The molecule has 1 aromatic rings. The molecule has 4 heteroatoms. The Morgan fingerprint density at radius 2 is 1.89 bits per heavy atom. The first-order valence-corrected chi connectivity index (χ1v) is 6.40. The summed E-state index contributed by atoms with van der Waals surface area (Å²) in [6, 6.07) is 5.30. The summed E-state index contributed by atoms with van der Waals surface area (Å²) in [5, 5.41) is 11.1. The van der Waals surface area contributed by atoms with Gasteiger partial charge < -0.3 is 4.90 Å². The fraction of sp³-hybridized carbons (Fsp3) is 0.571. The molecule has 18 heavy (non-hydrogen) atoms. The van der Waals surface area contributed by atoms with Crippen molar-refractivity contribution in [2.75, 3.05) is 18.0 Å². The maximum absolute atomic E-state index is 11.1. The van der Waals surface area contributed by atoms with Crippen LogP contribution >= 0.6 is 0 Å². The van der Waals surface area contributed by atoms with Gasteiger partial charge in [-0.05, 0) is 30.7 Å². The average Bonchev–Trinajstić information content (AvgIpc) is 2.29. The third-order valence-electron chi connectivity index (χ3n) is 3.85. The SMILES string of the molecule is Cc1cccc([N+](=O)[O-])c1N1CCC(C)(C)CC1. The van der Waals surface area contributed by atoms with Gasteiger partial charge in [0.25, 0.3) is 5.69 Å². The molecule has 0 saturated carbocycles. The molecule has 0 unspecified atom stereocenters. The summed E-state index contributed by atoms with van der Waals surface area (Å²) >= 11 is 0. The van der Waals surface area contributed by atoms with Crippen LogP contribution < -0.4 is 4.90 Å². The first kappa shape index (κ1) is 12.9. The third-order valence-corrected chi connectivity index (χ3v) is 3.85. The van der Waals surface area contributed by atoms with Crippen molar-refractivity contribution in [2.45, 2.75) is 33.6 Å². The molecule has 0 spiro atoms. The zero-order valence-electron chi connectivity index (χ0n) is 11.3. The van der Waals surface area contributed by atoms with E-state index in [9.17, 15) is 10.1 Å². The van der Waals surface area contributed by atoms with E-state index in [2.05, 4.69) is 18.7 Å². The van der Waals surface area contributed by atoms with Gasteiger partial charge in [0.15, 0.2) is 0 Å². The fourth-order valence-electron chi connectivity index (χ4n) is 2.54. The van der Waals surface area contributed by atoms with Crippen LogP contribution in [0.2, 0.25) is 0 Å². The summed E-state index contributed by atoms with van der Waals surface area (Å²) in [7, 11) is 0. The summed E-state index contributed by atoms with van der Waals surface area (Å²) < 4.78 is 0. The monoisotopic (exact) mass is 248 g/mol. The molecule has 1 saturated heterocycles. The smallest absolute Gasteiger partial charge is 0.292 e. The summed E-state index contributed by atoms with van der Waals surface area (Å²) in [4.78, 5) is 13.0. The van der Waals surface area contributed by atoms with Gasteiger partial charge in [0.2, 0.25) is 0 Å². The van der Waals surface area contributed by atoms with Crippen LogP contribution in [0.1, 0.15) is 32.3 Å². The van der Waals surface area contributed by atoms with E-state index >= 15 is 0 Å². The summed E-state index contributed by atoms with van der Waals surface area (Å²) in [6.45, 7) is 8.27. The summed E-state index contributed by atoms with van der Waals surface area (Å²) in [5.74, 6) is 0. The quantitative estimate of drug-likeness (QED) is 0.594. The number of hydrogen-bond acceptors (Lipinski definition) is 3. The molecule has 4 nitrogen and oxygen atoms in total. The van der Waals surface area contributed by atoms with Gasteiger partial charge in [-0.3, -0.25) is 10.1 Å². The predicted octanol–water partition coefficient (Wildman–Crippen LogP) is 3.53. The Balaban J connectivity index is 2.31. The average molecular weight is 248 g/mol. The fourth-order valence-corrected chi connectivity index (χ4v) is 2.54. The highest BCUT2D eigenvalue weighted by atomic mass is 16.6. The molecule has 1 aliphatic rings. The number of rotatable bonds is 2. The number of para-hydroxylation sites is 1. The van der Waals surface area contributed by atoms with Crippen LogP contribution in [0.15, 0.2) is 18.2 Å². The molecule has 0 aliphatic carbocycles. The van der Waals surface area contributed by atoms with Gasteiger partial charge in [-0.2, -0.15) is 0 Å². The number of nitro benzene ring substituents is 1. The van der Waals surface area contributed by atoms with Gasteiger partial charge in [-0.25, -0.2) is 0 Å². The van der Waals surface area contributed by atoms with E-state index in [1.165, 1.54) is 0 Å². The second-order valence-corrected chi connectivity index (χ2v) is 5.85. The number of nitro groups is 1. The number of piperidine rings is 1. The second kappa shape index (κ2) is 4.59. The molecule has 98 valence electrons. The first-order valence-electron chi connectivity index (χ1n) is 6.40. The molecular formula is C14H20N2O2. The minimum Gasteiger partial charge on any atom is -0.366 e. The Kier molecular flexibility index (Phi) is 3.28. The standard InChI is InChI=1S/C14H20N2O2/c1-11-5-4-6-12(16(17)18)13(11)15-9-7-14(2,3)8-10-15/h4-6H,7-10H2,1-3H3. The lowest BCUT2D eigenvalue weighted by molar-refractivity contribution is -0.384. The third kappa shape index (κ3) is 2.47. The van der Waals surface area contributed by atoms with Crippen molar-refractivity contribution in [3.8, 4) is 0 Å². The normalized spacial score (nSPS) is 18.7. The molecule has 1 heterocycles. The van der Waals surface area contributed by atoms with Crippen molar-refractivity contribution in [2.24, 2.45) is 5.41 Å². The van der Waals surface area contributed by atoms with Gasteiger partial charge in [0.1, 0.15) is 5.69 Å². The van der Waals surface area contributed by atoms with Crippen LogP contribution in [-0.4, -0.2) is 18.0 Å². The highest BCUT2D eigenvalue weighted by Crippen LogP contribution is 2.37. The van der Waals surface area contributed by atoms with Gasteiger partial charge in [0.05, 0.1) is 4.92 Å². The topological polar surface area (TPSA) is 46.4 Å². The molecule has 0 amide bonds. The molecule has 0 radical (unpaired) electrons.